The zero-order valence-corrected chi connectivity index (χ0v) is 15.7. The van der Waals surface area contributed by atoms with Crippen molar-refractivity contribution in [2.45, 2.75) is 58.6 Å². The van der Waals surface area contributed by atoms with Crippen molar-refractivity contribution in [3.63, 3.8) is 0 Å². The van der Waals surface area contributed by atoms with Crippen LogP contribution in [0.1, 0.15) is 52.0 Å². The third kappa shape index (κ3) is 6.50. The lowest BCUT2D eigenvalue weighted by Crippen LogP contribution is -2.32. The van der Waals surface area contributed by atoms with Gasteiger partial charge in [-0.05, 0) is 64.2 Å². The number of aldehydes is 1. The van der Waals surface area contributed by atoms with Crippen LogP contribution in [-0.4, -0.2) is 23.9 Å². The van der Waals surface area contributed by atoms with Crippen LogP contribution in [0.5, 0.6) is 0 Å². The number of amides is 2. The molecule has 1 aliphatic rings. The summed E-state index contributed by atoms with van der Waals surface area (Å²) in [5, 5.41) is 5.63. The van der Waals surface area contributed by atoms with Gasteiger partial charge in [-0.25, -0.2) is 4.79 Å². The topological polar surface area (TPSA) is 84.5 Å². The predicted octanol–water partition coefficient (Wildman–Crippen LogP) is 3.66. The highest BCUT2D eigenvalue weighted by Crippen LogP contribution is 2.28. The molecule has 26 heavy (non-hydrogen) atoms. The Morgan fingerprint density at radius 2 is 1.73 bits per heavy atom. The molecule has 0 bridgehead atoms. The molecule has 2 amide bonds. The maximum atomic E-state index is 12.3. The molecule has 1 aromatic rings. The van der Waals surface area contributed by atoms with Crippen molar-refractivity contribution in [1.29, 1.82) is 0 Å². The number of hydrogen-bond acceptors (Lipinski definition) is 4. The monoisotopic (exact) mass is 360 g/mol. The van der Waals surface area contributed by atoms with E-state index in [1.165, 1.54) is 0 Å². The summed E-state index contributed by atoms with van der Waals surface area (Å²) in [6, 6.07) is 7.36. The maximum absolute atomic E-state index is 12.3. The van der Waals surface area contributed by atoms with E-state index in [0.717, 1.165) is 43.2 Å². The minimum Gasteiger partial charge on any atom is -0.444 e. The Hall–Kier alpha value is -2.37. The molecule has 0 aliphatic heterocycles. The van der Waals surface area contributed by atoms with Crippen LogP contribution in [-0.2, 0) is 20.9 Å². The van der Waals surface area contributed by atoms with Gasteiger partial charge in [0.25, 0.3) is 0 Å². The third-order valence-corrected chi connectivity index (χ3v) is 4.39. The highest BCUT2D eigenvalue weighted by Gasteiger charge is 2.26. The van der Waals surface area contributed by atoms with Crippen LogP contribution in [0.4, 0.5) is 10.5 Å². The Morgan fingerprint density at radius 3 is 2.27 bits per heavy atom. The fourth-order valence-electron chi connectivity index (χ4n) is 2.96. The molecule has 1 fully saturated rings. The lowest BCUT2D eigenvalue weighted by molar-refractivity contribution is -0.122. The second-order valence-corrected chi connectivity index (χ2v) is 7.79. The van der Waals surface area contributed by atoms with Gasteiger partial charge in [0, 0.05) is 24.1 Å². The average Bonchev–Trinajstić information content (AvgIpc) is 2.59. The Labute approximate surface area is 154 Å². The average molecular weight is 360 g/mol. The largest absolute Gasteiger partial charge is 0.444 e. The fraction of sp³-hybridized carbons (Fsp3) is 0.550. The van der Waals surface area contributed by atoms with Gasteiger partial charge in [-0.15, -0.1) is 0 Å². The van der Waals surface area contributed by atoms with E-state index in [1.54, 1.807) is 0 Å². The summed E-state index contributed by atoms with van der Waals surface area (Å²) >= 11 is 0. The molecule has 2 N–H and O–H groups in total. The maximum Gasteiger partial charge on any atom is 0.407 e. The number of nitrogens with one attached hydrogen (secondary N) is 2. The molecule has 6 nitrogen and oxygen atoms in total. The van der Waals surface area contributed by atoms with Crippen LogP contribution in [0.2, 0.25) is 0 Å². The fourth-order valence-corrected chi connectivity index (χ4v) is 2.96. The minimum atomic E-state index is -0.525. The van der Waals surface area contributed by atoms with Crippen molar-refractivity contribution in [2.75, 3.05) is 5.32 Å². The Kier molecular flexibility index (Phi) is 6.77. The molecule has 0 heterocycles. The van der Waals surface area contributed by atoms with E-state index in [0.29, 0.717) is 6.54 Å². The van der Waals surface area contributed by atoms with Gasteiger partial charge in [-0.2, -0.15) is 0 Å². The molecule has 1 saturated carbocycles. The van der Waals surface area contributed by atoms with Crippen molar-refractivity contribution in [3.8, 4) is 0 Å². The van der Waals surface area contributed by atoms with Gasteiger partial charge in [0.05, 0.1) is 0 Å². The predicted molar refractivity (Wildman–Crippen MR) is 99.7 cm³/mol. The van der Waals surface area contributed by atoms with E-state index < -0.39 is 11.7 Å². The summed E-state index contributed by atoms with van der Waals surface area (Å²) in [6.45, 7) is 5.80. The summed E-state index contributed by atoms with van der Waals surface area (Å²) in [6.07, 6.45) is 3.63. The van der Waals surface area contributed by atoms with Gasteiger partial charge in [0.2, 0.25) is 5.91 Å². The molecular weight excluding hydrogens is 332 g/mol. The molecule has 1 aromatic carbocycles. The molecule has 0 spiro atoms. The van der Waals surface area contributed by atoms with Crippen molar-refractivity contribution in [1.82, 2.24) is 5.32 Å². The smallest absolute Gasteiger partial charge is 0.407 e. The third-order valence-electron chi connectivity index (χ3n) is 4.39. The summed E-state index contributed by atoms with van der Waals surface area (Å²) in [4.78, 5) is 34.8. The lowest BCUT2D eigenvalue weighted by atomic mass is 9.82. The molecule has 2 rings (SSSR count). The summed E-state index contributed by atoms with van der Waals surface area (Å²) in [5.74, 6) is 0.0875. The summed E-state index contributed by atoms with van der Waals surface area (Å²) in [7, 11) is 0. The number of ether oxygens (including phenoxy) is 1. The van der Waals surface area contributed by atoms with Gasteiger partial charge >= 0.3 is 6.09 Å². The number of rotatable bonds is 5. The zero-order valence-electron chi connectivity index (χ0n) is 15.7. The molecule has 142 valence electrons. The van der Waals surface area contributed by atoms with Gasteiger partial charge in [-0.3, -0.25) is 4.79 Å². The number of alkyl carbamates (subject to hydrolysis) is 1. The SMILES string of the molecule is CC(C)(C)OC(=O)NCc1ccc(NC(=O)[C@H]2CC[C@@H](C=O)CC2)cc1. The minimum absolute atomic E-state index is 0.00831. The van der Waals surface area contributed by atoms with Gasteiger partial charge in [0.15, 0.2) is 0 Å². The van der Waals surface area contributed by atoms with E-state index in [-0.39, 0.29) is 17.7 Å². The van der Waals surface area contributed by atoms with Crippen LogP contribution in [0.15, 0.2) is 24.3 Å². The molecule has 1 aliphatic carbocycles. The van der Waals surface area contributed by atoms with Crippen molar-refractivity contribution < 1.29 is 19.1 Å². The van der Waals surface area contributed by atoms with E-state index >= 15 is 0 Å². The van der Waals surface area contributed by atoms with E-state index in [9.17, 15) is 14.4 Å². The van der Waals surface area contributed by atoms with Crippen LogP contribution < -0.4 is 10.6 Å². The molecule has 0 radical (unpaired) electrons. The van der Waals surface area contributed by atoms with Crippen LogP contribution in [0.3, 0.4) is 0 Å². The molecular formula is C20H28N2O4. The van der Waals surface area contributed by atoms with Crippen molar-refractivity contribution >= 4 is 24.0 Å². The number of benzene rings is 1. The highest BCUT2D eigenvalue weighted by molar-refractivity contribution is 5.92. The normalized spacial score (nSPS) is 20.1. The number of anilines is 1. The van der Waals surface area contributed by atoms with Crippen LogP contribution in [0, 0.1) is 11.8 Å². The van der Waals surface area contributed by atoms with Crippen LogP contribution in [0.25, 0.3) is 0 Å². The highest BCUT2D eigenvalue weighted by atomic mass is 16.6. The molecule has 0 atom stereocenters. The van der Waals surface area contributed by atoms with Crippen molar-refractivity contribution in [3.05, 3.63) is 29.8 Å². The van der Waals surface area contributed by atoms with Gasteiger partial charge < -0.3 is 20.2 Å². The standard InChI is InChI=1S/C20H28N2O4/c1-20(2,3)26-19(25)21-12-14-6-10-17(11-7-14)22-18(24)16-8-4-15(13-23)5-9-16/h6-7,10-11,13,15-16H,4-5,8-9,12H2,1-3H3,(H,21,25)(H,22,24)/t15-,16+. The Bertz CT molecular complexity index is 626. The first kappa shape index (κ1) is 19.9. The van der Waals surface area contributed by atoms with E-state index in [4.69, 9.17) is 4.74 Å². The first-order chi connectivity index (χ1) is 12.3. The Balaban J connectivity index is 1.79. The second kappa shape index (κ2) is 8.83. The van der Waals surface area contributed by atoms with E-state index in [2.05, 4.69) is 10.6 Å². The number of hydrogen-bond donors (Lipinski definition) is 2. The molecule has 0 saturated heterocycles. The summed E-state index contributed by atoms with van der Waals surface area (Å²) < 4.78 is 5.19. The molecule has 6 heteroatoms. The Morgan fingerprint density at radius 1 is 1.12 bits per heavy atom. The molecule has 0 aromatic heterocycles. The number of carbonyl (C=O) groups is 3. The summed E-state index contributed by atoms with van der Waals surface area (Å²) in [5.41, 5.74) is 1.12. The van der Waals surface area contributed by atoms with E-state index in [1.807, 2.05) is 45.0 Å². The van der Waals surface area contributed by atoms with Gasteiger partial charge in [-0.1, -0.05) is 12.1 Å². The molecule has 0 unspecified atom stereocenters. The zero-order chi connectivity index (χ0) is 19.2. The van der Waals surface area contributed by atoms with Crippen LogP contribution >= 0.6 is 0 Å². The first-order valence-corrected chi connectivity index (χ1v) is 9.09. The number of carbonyl (C=O) groups excluding carboxylic acids is 3. The lowest BCUT2D eigenvalue weighted by Gasteiger charge is -2.24. The second-order valence-electron chi connectivity index (χ2n) is 7.79. The van der Waals surface area contributed by atoms with Gasteiger partial charge in [0.1, 0.15) is 11.9 Å². The first-order valence-electron chi connectivity index (χ1n) is 9.09. The quantitative estimate of drug-likeness (QED) is 0.785. The van der Waals surface area contributed by atoms with Crippen molar-refractivity contribution in [2.24, 2.45) is 11.8 Å².